The second-order valence-electron chi connectivity index (χ2n) is 6.09. The van der Waals surface area contributed by atoms with Gasteiger partial charge in [0.15, 0.2) is 0 Å². The van der Waals surface area contributed by atoms with Crippen LogP contribution in [-0.2, 0) is 16.6 Å². The zero-order valence-electron chi connectivity index (χ0n) is 14.3. The minimum absolute atomic E-state index is 0.0964. The number of hydrogen-bond acceptors (Lipinski definition) is 6. The molecule has 0 unspecified atom stereocenters. The molecule has 2 aromatic rings. The number of rotatable bonds is 7. The Morgan fingerprint density at radius 1 is 1.31 bits per heavy atom. The van der Waals surface area contributed by atoms with E-state index in [1.807, 2.05) is 0 Å². The van der Waals surface area contributed by atoms with Crippen molar-refractivity contribution in [2.45, 2.75) is 13.5 Å². The van der Waals surface area contributed by atoms with Crippen molar-refractivity contribution in [1.29, 1.82) is 0 Å². The molecule has 140 valence electrons. The SMILES string of the molecule is CCS(=O)(=O)N1CC(COc2ncc(-c3cccc(CO)c3F)cn2)C1. The van der Waals surface area contributed by atoms with Crippen molar-refractivity contribution >= 4 is 10.0 Å². The molecule has 1 aromatic heterocycles. The molecule has 1 aliphatic rings. The molecule has 0 amide bonds. The van der Waals surface area contributed by atoms with E-state index in [4.69, 9.17) is 9.84 Å². The van der Waals surface area contributed by atoms with Gasteiger partial charge in [-0.25, -0.2) is 27.1 Å². The number of hydrogen-bond donors (Lipinski definition) is 1. The highest BCUT2D eigenvalue weighted by molar-refractivity contribution is 7.89. The number of aromatic nitrogens is 2. The Morgan fingerprint density at radius 2 is 2.00 bits per heavy atom. The molecule has 1 N–H and O–H groups in total. The van der Waals surface area contributed by atoms with Crippen LogP contribution in [-0.4, -0.2) is 53.2 Å². The van der Waals surface area contributed by atoms with Crippen molar-refractivity contribution in [3.63, 3.8) is 0 Å². The van der Waals surface area contributed by atoms with E-state index in [-0.39, 0.29) is 29.9 Å². The van der Waals surface area contributed by atoms with Crippen molar-refractivity contribution in [3.05, 3.63) is 42.0 Å². The fourth-order valence-corrected chi connectivity index (χ4v) is 3.93. The van der Waals surface area contributed by atoms with E-state index in [0.29, 0.717) is 30.8 Å². The molecule has 3 rings (SSSR count). The molecule has 1 saturated heterocycles. The van der Waals surface area contributed by atoms with Gasteiger partial charge < -0.3 is 9.84 Å². The largest absolute Gasteiger partial charge is 0.463 e. The first-order valence-electron chi connectivity index (χ1n) is 8.26. The van der Waals surface area contributed by atoms with Crippen molar-refractivity contribution in [1.82, 2.24) is 14.3 Å². The molecular weight excluding hydrogens is 361 g/mol. The van der Waals surface area contributed by atoms with Crippen LogP contribution in [0.1, 0.15) is 12.5 Å². The highest BCUT2D eigenvalue weighted by Crippen LogP contribution is 2.25. The van der Waals surface area contributed by atoms with Gasteiger partial charge in [-0.2, -0.15) is 0 Å². The van der Waals surface area contributed by atoms with E-state index in [1.165, 1.54) is 22.8 Å². The number of aliphatic hydroxyl groups excluding tert-OH is 1. The van der Waals surface area contributed by atoms with Gasteiger partial charge >= 0.3 is 6.01 Å². The lowest BCUT2D eigenvalue weighted by molar-refractivity contribution is 0.124. The third kappa shape index (κ3) is 3.84. The maximum absolute atomic E-state index is 14.2. The van der Waals surface area contributed by atoms with Crippen LogP contribution in [0.2, 0.25) is 0 Å². The Balaban J connectivity index is 1.58. The molecule has 1 aromatic carbocycles. The molecule has 1 fully saturated rings. The van der Waals surface area contributed by atoms with E-state index in [9.17, 15) is 12.8 Å². The van der Waals surface area contributed by atoms with Crippen molar-refractivity contribution < 1.29 is 22.7 Å². The molecule has 0 aliphatic carbocycles. The summed E-state index contributed by atoms with van der Waals surface area (Å²) in [5.41, 5.74) is 0.996. The minimum Gasteiger partial charge on any atom is -0.463 e. The maximum atomic E-state index is 14.2. The van der Waals surface area contributed by atoms with Gasteiger partial charge in [-0.3, -0.25) is 0 Å². The highest BCUT2D eigenvalue weighted by atomic mass is 32.2. The van der Waals surface area contributed by atoms with Crippen molar-refractivity contribution in [2.24, 2.45) is 5.92 Å². The van der Waals surface area contributed by atoms with E-state index >= 15 is 0 Å². The summed E-state index contributed by atoms with van der Waals surface area (Å²) in [4.78, 5) is 8.14. The lowest BCUT2D eigenvalue weighted by Gasteiger charge is -2.37. The standard InChI is InChI=1S/C17H20FN3O4S/c1-2-26(23,24)21-8-12(9-21)11-25-17-19-6-14(7-20-17)15-5-3-4-13(10-22)16(15)18/h3-7,12,22H,2,8-11H2,1H3. The zero-order chi connectivity index (χ0) is 18.7. The van der Waals surface area contributed by atoms with Gasteiger partial charge in [0, 0.05) is 48.1 Å². The highest BCUT2D eigenvalue weighted by Gasteiger charge is 2.35. The number of ether oxygens (including phenoxy) is 1. The Kier molecular flexibility index (Phi) is 5.49. The molecule has 2 heterocycles. The third-order valence-corrected chi connectivity index (χ3v) is 6.13. The average molecular weight is 381 g/mol. The predicted molar refractivity (Wildman–Crippen MR) is 93.4 cm³/mol. The Morgan fingerprint density at radius 3 is 2.62 bits per heavy atom. The van der Waals surface area contributed by atoms with Crippen molar-refractivity contribution in [3.8, 4) is 17.1 Å². The normalized spacial score (nSPS) is 15.7. The molecule has 7 nitrogen and oxygen atoms in total. The van der Waals surface area contributed by atoms with E-state index in [2.05, 4.69) is 9.97 Å². The second kappa shape index (κ2) is 7.65. The Bertz CT molecular complexity index is 868. The number of sulfonamides is 1. The average Bonchev–Trinajstić information content (AvgIpc) is 2.61. The summed E-state index contributed by atoms with van der Waals surface area (Å²) in [5.74, 6) is -0.295. The molecule has 9 heteroatoms. The first kappa shape index (κ1) is 18.7. The first-order valence-corrected chi connectivity index (χ1v) is 9.86. The zero-order valence-corrected chi connectivity index (χ0v) is 15.1. The number of nitrogens with zero attached hydrogens (tertiary/aromatic N) is 3. The summed E-state index contributed by atoms with van der Waals surface area (Å²) < 4.78 is 44.5. The predicted octanol–water partition coefficient (Wildman–Crippen LogP) is 1.44. The van der Waals surface area contributed by atoms with Gasteiger partial charge in [0.05, 0.1) is 19.0 Å². The quantitative estimate of drug-likeness (QED) is 0.780. The maximum Gasteiger partial charge on any atom is 0.316 e. The van der Waals surface area contributed by atoms with Crippen LogP contribution in [0.4, 0.5) is 4.39 Å². The van der Waals surface area contributed by atoms with Crippen LogP contribution < -0.4 is 4.74 Å². The lowest BCUT2D eigenvalue weighted by Crippen LogP contribution is -2.52. The van der Waals surface area contributed by atoms with Crippen LogP contribution in [0.3, 0.4) is 0 Å². The summed E-state index contributed by atoms with van der Waals surface area (Å²) in [5, 5.41) is 9.14. The molecule has 0 bridgehead atoms. The van der Waals surface area contributed by atoms with Crippen LogP contribution in [0, 0.1) is 11.7 Å². The number of benzene rings is 1. The van der Waals surface area contributed by atoms with Gasteiger partial charge in [0.25, 0.3) is 0 Å². The monoisotopic (exact) mass is 381 g/mol. The molecular formula is C17H20FN3O4S. The summed E-state index contributed by atoms with van der Waals surface area (Å²) in [6.07, 6.45) is 2.91. The van der Waals surface area contributed by atoms with Gasteiger partial charge in [-0.15, -0.1) is 0 Å². The molecule has 0 saturated carbocycles. The summed E-state index contributed by atoms with van der Waals surface area (Å²) in [6.45, 7) is 2.44. The van der Waals surface area contributed by atoms with Crippen LogP contribution in [0.5, 0.6) is 6.01 Å². The molecule has 0 atom stereocenters. The molecule has 1 aliphatic heterocycles. The smallest absolute Gasteiger partial charge is 0.316 e. The summed E-state index contributed by atoms with van der Waals surface area (Å²) in [6, 6.07) is 4.91. The first-order chi connectivity index (χ1) is 12.4. The molecule has 0 spiro atoms. The molecule has 0 radical (unpaired) electrons. The van der Waals surface area contributed by atoms with Gasteiger partial charge in [0.1, 0.15) is 5.82 Å². The summed E-state index contributed by atoms with van der Waals surface area (Å²) >= 11 is 0. The summed E-state index contributed by atoms with van der Waals surface area (Å²) in [7, 11) is -3.13. The van der Waals surface area contributed by atoms with E-state index in [0.717, 1.165) is 0 Å². The Labute approximate surface area is 151 Å². The van der Waals surface area contributed by atoms with Crippen LogP contribution in [0.25, 0.3) is 11.1 Å². The number of aliphatic hydroxyl groups is 1. The van der Waals surface area contributed by atoms with Crippen LogP contribution in [0.15, 0.2) is 30.6 Å². The third-order valence-electron chi connectivity index (χ3n) is 4.32. The fourth-order valence-electron chi connectivity index (χ4n) is 2.68. The number of halogens is 1. The lowest BCUT2D eigenvalue weighted by atomic mass is 10.1. The second-order valence-corrected chi connectivity index (χ2v) is 8.34. The minimum atomic E-state index is -3.13. The topological polar surface area (TPSA) is 92.6 Å². The van der Waals surface area contributed by atoms with Crippen molar-refractivity contribution in [2.75, 3.05) is 25.4 Å². The van der Waals surface area contributed by atoms with E-state index in [1.54, 1.807) is 19.1 Å². The van der Waals surface area contributed by atoms with Gasteiger partial charge in [-0.1, -0.05) is 18.2 Å². The van der Waals surface area contributed by atoms with E-state index < -0.39 is 15.8 Å². The van der Waals surface area contributed by atoms with Gasteiger partial charge in [-0.05, 0) is 6.92 Å². The molecule has 26 heavy (non-hydrogen) atoms. The van der Waals surface area contributed by atoms with Crippen LogP contribution >= 0.6 is 0 Å². The fraction of sp³-hybridized carbons (Fsp3) is 0.412. The van der Waals surface area contributed by atoms with Gasteiger partial charge in [0.2, 0.25) is 10.0 Å². The Hall–Kier alpha value is -2.10.